The molecule has 1 heterocycles. The van der Waals surface area contributed by atoms with Crippen LogP contribution in [0.5, 0.6) is 0 Å². The Morgan fingerprint density at radius 2 is 1.56 bits per heavy atom. The smallest absolute Gasteiger partial charge is 0.375 e. The van der Waals surface area contributed by atoms with Gasteiger partial charge in [0, 0.05) is 25.6 Å². The molecule has 0 spiro atoms. The molecular weight excluding hydrogens is 330 g/mol. The molecule has 0 radical (unpaired) electrons. The third-order valence-corrected chi connectivity index (χ3v) is 3.14. The van der Waals surface area contributed by atoms with Gasteiger partial charge < -0.3 is 15.4 Å². The second-order valence-corrected chi connectivity index (χ2v) is 5.00. The van der Waals surface area contributed by atoms with Crippen LogP contribution in [-0.2, 0) is 9.53 Å². The van der Waals surface area contributed by atoms with Crippen molar-refractivity contribution in [1.29, 1.82) is 0 Å². The van der Waals surface area contributed by atoms with Crippen LogP contribution in [0.15, 0.2) is 34.5 Å². The first-order valence-corrected chi connectivity index (χ1v) is 7.49. The summed E-state index contributed by atoms with van der Waals surface area (Å²) in [5, 5.41) is 11.6. The quantitative estimate of drug-likeness (QED) is 0.680. The zero-order chi connectivity index (χ0) is 18.2. The van der Waals surface area contributed by atoms with Crippen LogP contribution in [0.2, 0.25) is 0 Å². The average Bonchev–Trinajstić information content (AvgIpc) is 2.92. The highest BCUT2D eigenvalue weighted by molar-refractivity contribution is 6.17. The van der Waals surface area contributed by atoms with Crippen LogP contribution in [0.1, 0.15) is 17.3 Å². The van der Waals surface area contributed by atoms with Crippen LogP contribution < -0.4 is 15.5 Å². The molecule has 1 aliphatic heterocycles. The van der Waals surface area contributed by atoms with Gasteiger partial charge in [-0.3, -0.25) is 9.59 Å². The molecule has 10 heteroatoms. The molecule has 0 saturated carbocycles. The molecular formula is C15H17N5O5. The first-order valence-electron chi connectivity index (χ1n) is 7.49. The number of nitrogens with zero attached hydrogens (tertiary/aromatic N) is 3. The van der Waals surface area contributed by atoms with E-state index in [-0.39, 0.29) is 17.5 Å². The fourth-order valence-corrected chi connectivity index (χ4v) is 1.98. The molecule has 132 valence electrons. The monoisotopic (exact) mass is 347 g/mol. The standard InChI is InChI=1S/C15H17N5O5/c1-10(21)16-6-8-25-9-7-17-13(22)11-2-4-12(5-3-11)20-14(23)18-19-15(20)24/h2-5H,6-9H2,1H3,(H,16,21)(H,17,22). The fraction of sp³-hybridized carbons (Fsp3) is 0.333. The van der Waals surface area contributed by atoms with E-state index in [1.807, 2.05) is 0 Å². The third-order valence-electron chi connectivity index (χ3n) is 3.14. The van der Waals surface area contributed by atoms with Gasteiger partial charge in [-0.15, -0.1) is 0 Å². The van der Waals surface area contributed by atoms with Gasteiger partial charge in [-0.25, -0.2) is 14.5 Å². The van der Waals surface area contributed by atoms with Gasteiger partial charge in [0.2, 0.25) is 5.91 Å². The second kappa shape index (κ2) is 8.64. The SMILES string of the molecule is CC(=O)NCCOCCNC(=O)c1ccc(N2C(=O)N=NC2=O)cc1. The van der Waals surface area contributed by atoms with E-state index >= 15 is 0 Å². The minimum absolute atomic E-state index is 0.125. The van der Waals surface area contributed by atoms with Crippen LogP contribution >= 0.6 is 0 Å². The summed E-state index contributed by atoms with van der Waals surface area (Å²) in [7, 11) is 0. The molecule has 0 aromatic heterocycles. The number of benzene rings is 1. The van der Waals surface area contributed by atoms with E-state index in [4.69, 9.17) is 4.74 Å². The number of amides is 6. The Balaban J connectivity index is 1.74. The summed E-state index contributed by atoms with van der Waals surface area (Å²) in [6.07, 6.45) is 0. The molecule has 2 N–H and O–H groups in total. The normalized spacial score (nSPS) is 13.2. The van der Waals surface area contributed by atoms with E-state index in [0.717, 1.165) is 4.90 Å². The molecule has 1 aromatic rings. The Hall–Kier alpha value is -3.14. The maximum atomic E-state index is 12.0. The Kier molecular flexibility index (Phi) is 6.29. The fourth-order valence-electron chi connectivity index (χ4n) is 1.98. The van der Waals surface area contributed by atoms with E-state index in [1.54, 1.807) is 0 Å². The van der Waals surface area contributed by atoms with E-state index in [1.165, 1.54) is 31.2 Å². The maximum absolute atomic E-state index is 12.0. The van der Waals surface area contributed by atoms with Crippen LogP contribution in [0.4, 0.5) is 15.3 Å². The predicted octanol–water partition coefficient (Wildman–Crippen LogP) is 1.08. The highest BCUT2D eigenvalue weighted by Gasteiger charge is 2.28. The lowest BCUT2D eigenvalue weighted by atomic mass is 10.2. The summed E-state index contributed by atoms with van der Waals surface area (Å²) in [6, 6.07) is 4.37. The minimum Gasteiger partial charge on any atom is -0.378 e. The number of carbonyl (C=O) groups is 4. The van der Waals surface area contributed by atoms with Crippen LogP contribution in [0.3, 0.4) is 0 Å². The van der Waals surface area contributed by atoms with Crippen molar-refractivity contribution in [3.05, 3.63) is 29.8 Å². The Morgan fingerprint density at radius 1 is 1.00 bits per heavy atom. The van der Waals surface area contributed by atoms with E-state index < -0.39 is 12.1 Å². The third kappa shape index (κ3) is 5.18. The van der Waals surface area contributed by atoms with Crippen molar-refractivity contribution in [2.24, 2.45) is 10.2 Å². The summed E-state index contributed by atoms with van der Waals surface area (Å²) in [5.41, 5.74) is 0.660. The topological polar surface area (TPSA) is 130 Å². The molecule has 6 amide bonds. The van der Waals surface area contributed by atoms with Gasteiger partial charge >= 0.3 is 12.1 Å². The number of urea groups is 2. The number of rotatable bonds is 8. The maximum Gasteiger partial charge on any atom is 0.375 e. The Bertz CT molecular complexity index is 683. The lowest BCUT2D eigenvalue weighted by Gasteiger charge is -2.11. The number of hydrogen-bond acceptors (Lipinski definition) is 5. The molecule has 0 bridgehead atoms. The van der Waals surface area contributed by atoms with Crippen LogP contribution in [0.25, 0.3) is 0 Å². The molecule has 2 rings (SSSR count). The molecule has 0 unspecified atom stereocenters. The van der Waals surface area contributed by atoms with Crippen molar-refractivity contribution in [3.8, 4) is 0 Å². The van der Waals surface area contributed by atoms with Crippen molar-refractivity contribution in [3.63, 3.8) is 0 Å². The molecule has 10 nitrogen and oxygen atoms in total. The Labute approximate surface area is 143 Å². The van der Waals surface area contributed by atoms with Crippen LogP contribution in [-0.4, -0.2) is 50.2 Å². The van der Waals surface area contributed by atoms with Gasteiger partial charge in [0.25, 0.3) is 5.91 Å². The van der Waals surface area contributed by atoms with Gasteiger partial charge in [0.1, 0.15) is 0 Å². The zero-order valence-corrected chi connectivity index (χ0v) is 13.5. The first-order chi connectivity index (χ1) is 12.0. The minimum atomic E-state index is -0.765. The molecule has 0 atom stereocenters. The molecule has 0 aliphatic carbocycles. The van der Waals surface area contributed by atoms with Gasteiger partial charge in [-0.05, 0) is 24.3 Å². The summed E-state index contributed by atoms with van der Waals surface area (Å²) in [4.78, 5) is 46.3. The summed E-state index contributed by atoms with van der Waals surface area (Å²) >= 11 is 0. The van der Waals surface area contributed by atoms with Gasteiger partial charge in [-0.2, -0.15) is 0 Å². The predicted molar refractivity (Wildman–Crippen MR) is 86.4 cm³/mol. The lowest BCUT2D eigenvalue weighted by molar-refractivity contribution is -0.119. The van der Waals surface area contributed by atoms with Gasteiger partial charge in [0.05, 0.1) is 18.9 Å². The van der Waals surface area contributed by atoms with Gasteiger partial charge in [-0.1, -0.05) is 10.2 Å². The Morgan fingerprint density at radius 3 is 2.12 bits per heavy atom. The number of imide groups is 1. The molecule has 0 fully saturated rings. The number of carbonyl (C=O) groups excluding carboxylic acids is 4. The molecule has 1 aliphatic rings. The van der Waals surface area contributed by atoms with E-state index in [2.05, 4.69) is 20.9 Å². The number of ether oxygens (including phenoxy) is 1. The lowest BCUT2D eigenvalue weighted by Crippen LogP contribution is -2.29. The molecule has 1 aromatic carbocycles. The number of azo groups is 1. The zero-order valence-electron chi connectivity index (χ0n) is 13.5. The highest BCUT2D eigenvalue weighted by Crippen LogP contribution is 2.20. The molecule has 25 heavy (non-hydrogen) atoms. The number of hydrogen-bond donors (Lipinski definition) is 2. The van der Waals surface area contributed by atoms with Crippen molar-refractivity contribution in [2.75, 3.05) is 31.2 Å². The van der Waals surface area contributed by atoms with Crippen molar-refractivity contribution < 1.29 is 23.9 Å². The van der Waals surface area contributed by atoms with E-state index in [0.29, 0.717) is 31.9 Å². The second-order valence-electron chi connectivity index (χ2n) is 5.00. The summed E-state index contributed by atoms with van der Waals surface area (Å²) in [5.74, 6) is -0.439. The highest BCUT2D eigenvalue weighted by atomic mass is 16.5. The van der Waals surface area contributed by atoms with Crippen molar-refractivity contribution >= 4 is 29.6 Å². The summed E-state index contributed by atoms with van der Waals surface area (Å²) < 4.78 is 5.25. The van der Waals surface area contributed by atoms with Crippen LogP contribution in [0, 0.1) is 0 Å². The molecule has 0 saturated heterocycles. The number of nitrogens with one attached hydrogen (secondary N) is 2. The first kappa shape index (κ1) is 18.2. The largest absolute Gasteiger partial charge is 0.378 e. The van der Waals surface area contributed by atoms with Crippen molar-refractivity contribution in [2.45, 2.75) is 6.92 Å². The van der Waals surface area contributed by atoms with E-state index in [9.17, 15) is 19.2 Å². The average molecular weight is 347 g/mol. The van der Waals surface area contributed by atoms with Gasteiger partial charge in [0.15, 0.2) is 0 Å². The number of anilines is 1. The summed E-state index contributed by atoms with van der Waals surface area (Å²) in [6.45, 7) is 2.81. The van der Waals surface area contributed by atoms with Crippen molar-refractivity contribution in [1.82, 2.24) is 10.6 Å².